The maximum Gasteiger partial charge on any atom is 0.243 e. The highest BCUT2D eigenvalue weighted by molar-refractivity contribution is 7.89. The Bertz CT molecular complexity index is 1140. The van der Waals surface area contributed by atoms with E-state index in [1.165, 1.54) is 0 Å². The third kappa shape index (κ3) is 3.73. The minimum atomic E-state index is -3.55. The van der Waals surface area contributed by atoms with Gasteiger partial charge in [0.2, 0.25) is 15.9 Å². The summed E-state index contributed by atoms with van der Waals surface area (Å²) in [6, 6.07) is 14.4. The number of anilines is 1. The Morgan fingerprint density at radius 2 is 1.70 bits per heavy atom. The second-order valence-electron chi connectivity index (χ2n) is 8.11. The van der Waals surface area contributed by atoms with Gasteiger partial charge in [0.15, 0.2) is 0 Å². The number of aromatic nitrogens is 2. The van der Waals surface area contributed by atoms with E-state index in [9.17, 15) is 13.2 Å². The van der Waals surface area contributed by atoms with E-state index in [4.69, 9.17) is 0 Å². The van der Waals surface area contributed by atoms with Crippen LogP contribution in [0.4, 0.5) is 5.69 Å². The summed E-state index contributed by atoms with van der Waals surface area (Å²) >= 11 is 0. The number of fused-ring (bicyclic) bond motifs is 1. The first-order valence-electron chi connectivity index (χ1n) is 10.4. The van der Waals surface area contributed by atoms with Gasteiger partial charge in [-0.05, 0) is 62.1 Å². The average Bonchev–Trinajstić information content (AvgIpc) is 3.53. The minimum absolute atomic E-state index is 0.0123. The number of amides is 1. The van der Waals surface area contributed by atoms with Crippen molar-refractivity contribution in [2.45, 2.75) is 36.5 Å². The van der Waals surface area contributed by atoms with Crippen LogP contribution in [-0.2, 0) is 14.8 Å². The lowest BCUT2D eigenvalue weighted by Gasteiger charge is -2.30. The number of H-pyrrole nitrogens is 1. The largest absolute Gasteiger partial charge is 0.342 e. The lowest BCUT2D eigenvalue weighted by Crippen LogP contribution is -2.38. The summed E-state index contributed by atoms with van der Waals surface area (Å²) in [7, 11) is -3.55. The van der Waals surface area contributed by atoms with Gasteiger partial charge in [-0.3, -0.25) is 4.79 Å². The number of para-hydroxylation sites is 2. The molecule has 1 amide bonds. The average molecular weight is 425 g/mol. The van der Waals surface area contributed by atoms with Gasteiger partial charge in [-0.1, -0.05) is 12.1 Å². The zero-order valence-corrected chi connectivity index (χ0v) is 17.4. The number of carbonyl (C=O) groups excluding carboxylic acids is 1. The molecular formula is C22H24N4O3S. The Hall–Kier alpha value is -2.71. The molecule has 3 aromatic rings. The molecule has 0 radical (unpaired) electrons. The molecule has 5 rings (SSSR count). The predicted octanol–water partition coefficient (Wildman–Crippen LogP) is 3.48. The van der Waals surface area contributed by atoms with Crippen molar-refractivity contribution >= 4 is 32.7 Å². The molecule has 156 valence electrons. The predicted molar refractivity (Wildman–Crippen MR) is 115 cm³/mol. The summed E-state index contributed by atoms with van der Waals surface area (Å²) in [6.45, 7) is 0.925. The Kier molecular flexibility index (Phi) is 4.83. The van der Waals surface area contributed by atoms with Gasteiger partial charge in [-0.25, -0.2) is 13.4 Å². The number of rotatable bonds is 5. The molecule has 2 N–H and O–H groups in total. The van der Waals surface area contributed by atoms with Gasteiger partial charge in [0.05, 0.1) is 15.9 Å². The van der Waals surface area contributed by atoms with Crippen molar-refractivity contribution in [2.24, 2.45) is 5.92 Å². The summed E-state index contributed by atoms with van der Waals surface area (Å²) < 4.78 is 27.6. The summed E-state index contributed by atoms with van der Waals surface area (Å²) in [6.07, 6.45) is 3.33. The molecule has 2 aliphatic rings. The van der Waals surface area contributed by atoms with Crippen molar-refractivity contribution in [3.05, 3.63) is 54.4 Å². The third-order valence-electron chi connectivity index (χ3n) is 5.96. The smallest absolute Gasteiger partial charge is 0.243 e. The van der Waals surface area contributed by atoms with Gasteiger partial charge in [0.1, 0.15) is 5.82 Å². The zero-order chi connectivity index (χ0) is 20.7. The normalized spacial score (nSPS) is 18.5. The number of imidazole rings is 1. The van der Waals surface area contributed by atoms with Crippen LogP contribution in [0, 0.1) is 5.92 Å². The highest BCUT2D eigenvalue weighted by atomic mass is 32.2. The topological polar surface area (TPSA) is 95.2 Å². The molecule has 30 heavy (non-hydrogen) atoms. The van der Waals surface area contributed by atoms with Gasteiger partial charge in [-0.15, -0.1) is 0 Å². The fourth-order valence-electron chi connectivity index (χ4n) is 3.98. The highest BCUT2D eigenvalue weighted by Gasteiger charge is 2.32. The van der Waals surface area contributed by atoms with Gasteiger partial charge in [0.25, 0.3) is 0 Å². The number of benzene rings is 2. The molecule has 1 saturated carbocycles. The SMILES string of the molecule is O=C(Nc1ccc(S(=O)(=O)N2CCC(c3nc4ccccc4[nH]3)CC2)cc1)C1CC1. The number of hydrogen-bond acceptors (Lipinski definition) is 4. The molecule has 7 nitrogen and oxygen atoms in total. The van der Waals surface area contributed by atoms with E-state index >= 15 is 0 Å². The second-order valence-corrected chi connectivity index (χ2v) is 10.0. The highest BCUT2D eigenvalue weighted by Crippen LogP contribution is 2.32. The van der Waals surface area contributed by atoms with Crippen LogP contribution in [-0.4, -0.2) is 41.7 Å². The molecule has 8 heteroatoms. The number of nitrogens with one attached hydrogen (secondary N) is 2. The molecule has 0 spiro atoms. The Balaban J connectivity index is 1.24. The summed E-state index contributed by atoms with van der Waals surface area (Å²) in [4.78, 5) is 20.2. The Morgan fingerprint density at radius 3 is 2.37 bits per heavy atom. The standard InChI is InChI=1S/C22H24N4O3S/c27-22(16-5-6-16)23-17-7-9-18(10-8-17)30(28,29)26-13-11-15(12-14-26)21-24-19-3-1-2-4-20(19)25-21/h1-4,7-10,15-16H,5-6,11-14H2,(H,23,27)(H,24,25). The maximum absolute atomic E-state index is 13.0. The van der Waals surface area contributed by atoms with Crippen molar-refractivity contribution in [1.29, 1.82) is 0 Å². The summed E-state index contributed by atoms with van der Waals surface area (Å²) in [5.41, 5.74) is 2.59. The van der Waals surface area contributed by atoms with E-state index in [1.807, 2.05) is 24.3 Å². The van der Waals surface area contributed by atoms with E-state index in [1.54, 1.807) is 28.6 Å². The van der Waals surface area contributed by atoms with Crippen LogP contribution in [0.1, 0.15) is 37.4 Å². The number of carbonyl (C=O) groups is 1. The van der Waals surface area contributed by atoms with Crippen LogP contribution >= 0.6 is 0 Å². The molecule has 1 aliphatic carbocycles. The van der Waals surface area contributed by atoms with Crippen molar-refractivity contribution in [1.82, 2.24) is 14.3 Å². The minimum Gasteiger partial charge on any atom is -0.342 e. The first-order chi connectivity index (χ1) is 14.5. The van der Waals surface area contributed by atoms with Crippen LogP contribution in [0.2, 0.25) is 0 Å². The first kappa shape index (κ1) is 19.3. The lowest BCUT2D eigenvalue weighted by atomic mass is 9.97. The van der Waals surface area contributed by atoms with Crippen LogP contribution in [0.15, 0.2) is 53.4 Å². The van der Waals surface area contributed by atoms with Gasteiger partial charge in [-0.2, -0.15) is 4.31 Å². The fraction of sp³-hybridized carbons (Fsp3) is 0.364. The van der Waals surface area contributed by atoms with Crippen molar-refractivity contribution in [3.63, 3.8) is 0 Å². The number of nitrogens with zero attached hydrogens (tertiary/aromatic N) is 2. The molecule has 0 atom stereocenters. The summed E-state index contributed by atoms with van der Waals surface area (Å²) in [5, 5.41) is 2.84. The van der Waals surface area contributed by atoms with Crippen molar-refractivity contribution in [3.8, 4) is 0 Å². The van der Waals surface area contributed by atoms with Gasteiger partial charge >= 0.3 is 0 Å². The molecule has 1 aromatic heterocycles. The van der Waals surface area contributed by atoms with Crippen molar-refractivity contribution in [2.75, 3.05) is 18.4 Å². The molecule has 2 fully saturated rings. The van der Waals surface area contributed by atoms with E-state index in [-0.39, 0.29) is 22.6 Å². The van der Waals surface area contributed by atoms with Gasteiger partial charge < -0.3 is 10.3 Å². The molecule has 2 aromatic carbocycles. The van der Waals surface area contributed by atoms with Crippen LogP contribution < -0.4 is 5.32 Å². The molecule has 1 aliphatic heterocycles. The number of aromatic amines is 1. The Morgan fingerprint density at radius 1 is 1.00 bits per heavy atom. The van der Waals surface area contributed by atoms with Crippen molar-refractivity contribution < 1.29 is 13.2 Å². The van der Waals surface area contributed by atoms with Crippen LogP contribution in [0.5, 0.6) is 0 Å². The Labute approximate surface area is 175 Å². The van der Waals surface area contributed by atoms with E-state index in [0.29, 0.717) is 18.8 Å². The molecule has 1 saturated heterocycles. The maximum atomic E-state index is 13.0. The lowest BCUT2D eigenvalue weighted by molar-refractivity contribution is -0.117. The quantitative estimate of drug-likeness (QED) is 0.656. The zero-order valence-electron chi connectivity index (χ0n) is 16.5. The molecule has 0 unspecified atom stereocenters. The number of sulfonamides is 1. The monoisotopic (exact) mass is 424 g/mol. The summed E-state index contributed by atoms with van der Waals surface area (Å²) in [5.74, 6) is 1.28. The number of piperidine rings is 1. The van der Waals surface area contributed by atoms with Gasteiger partial charge in [0, 0.05) is 30.6 Å². The molecule has 0 bridgehead atoms. The van der Waals surface area contributed by atoms with Crippen LogP contribution in [0.3, 0.4) is 0 Å². The number of hydrogen-bond donors (Lipinski definition) is 2. The second kappa shape index (κ2) is 7.52. The van der Waals surface area contributed by atoms with Crippen LogP contribution in [0.25, 0.3) is 11.0 Å². The molecular weight excluding hydrogens is 400 g/mol. The molecule has 2 heterocycles. The fourth-order valence-corrected chi connectivity index (χ4v) is 5.45. The third-order valence-corrected chi connectivity index (χ3v) is 7.87. The van der Waals surface area contributed by atoms with E-state index < -0.39 is 10.0 Å². The van der Waals surface area contributed by atoms with E-state index in [2.05, 4.69) is 15.3 Å². The first-order valence-corrected chi connectivity index (χ1v) is 11.8. The van der Waals surface area contributed by atoms with E-state index in [0.717, 1.165) is 42.5 Å².